The number of anilines is 2. The highest BCUT2D eigenvalue weighted by Gasteiger charge is 2.37. The lowest BCUT2D eigenvalue weighted by molar-refractivity contribution is -0.163. The number of nitrogens with two attached hydrogens (primary N) is 1. The van der Waals surface area contributed by atoms with Crippen LogP contribution in [0.15, 0.2) is 55.0 Å². The van der Waals surface area contributed by atoms with Crippen LogP contribution in [0.4, 0.5) is 24.8 Å². The lowest BCUT2D eigenvalue weighted by Gasteiger charge is -2.12. The van der Waals surface area contributed by atoms with Crippen LogP contribution in [0.5, 0.6) is 0 Å². The molecule has 1 amide bonds. The average molecular weight is 608 g/mol. The van der Waals surface area contributed by atoms with Gasteiger partial charge in [-0.25, -0.2) is 19.7 Å². The van der Waals surface area contributed by atoms with E-state index < -0.39 is 41.5 Å². The number of nitrogen functional groups attached to an aromatic ring is 1. The number of aromatic nitrogens is 4. The minimum atomic E-state index is -4.57. The van der Waals surface area contributed by atoms with Crippen LogP contribution < -0.4 is 16.4 Å². The number of benzene rings is 1. The van der Waals surface area contributed by atoms with E-state index in [4.69, 9.17) is 15.5 Å². The van der Waals surface area contributed by atoms with Gasteiger partial charge in [-0.05, 0) is 62.9 Å². The van der Waals surface area contributed by atoms with E-state index in [1.807, 2.05) is 4.40 Å². The van der Waals surface area contributed by atoms with Gasteiger partial charge in [-0.2, -0.15) is 13.2 Å². The van der Waals surface area contributed by atoms with E-state index in [-0.39, 0.29) is 23.1 Å². The highest BCUT2D eigenvalue weighted by Crippen LogP contribution is 2.41. The normalized spacial score (nSPS) is 20.1. The molecule has 14 heteroatoms. The zero-order valence-corrected chi connectivity index (χ0v) is 23.3. The number of nitrogens with zero attached hydrogens (tertiary/aromatic N) is 4. The number of amides is 1. The van der Waals surface area contributed by atoms with Gasteiger partial charge in [0.25, 0.3) is 5.91 Å². The first kappa shape index (κ1) is 29.2. The number of alkyl halides is 3. The molecule has 2 aliphatic rings. The standard InChI is InChI=1S/C30H28F3N7O4/c31-30(32,33)20-9-11-36-22(15-20)38-27(41)17-5-3-16(4-6-17)23-24-25(34)37-12-13-40(24)26(39-23)18-7-8-19(14-18)28(42)44-29(43)21-2-1-10-35-21/h3-6,9,11-13,15,18-19,21,35H,1-2,7-8,10,14H2,(H2,34,37)(H,36,38,41)/t18-,19+,21-/m0/s1. The van der Waals surface area contributed by atoms with Gasteiger partial charge in [-0.1, -0.05) is 12.1 Å². The quantitative estimate of drug-likeness (QED) is 0.214. The van der Waals surface area contributed by atoms with E-state index in [1.165, 1.54) is 12.1 Å². The topological polar surface area (TPSA) is 154 Å². The summed E-state index contributed by atoms with van der Waals surface area (Å²) in [7, 11) is 0. The molecule has 1 saturated carbocycles. The molecule has 6 rings (SSSR count). The zero-order chi connectivity index (χ0) is 31.0. The van der Waals surface area contributed by atoms with Gasteiger partial charge in [0.2, 0.25) is 0 Å². The van der Waals surface area contributed by atoms with Crippen LogP contribution in [0.1, 0.15) is 59.8 Å². The molecule has 4 heterocycles. The molecule has 44 heavy (non-hydrogen) atoms. The van der Waals surface area contributed by atoms with Gasteiger partial charge in [0.15, 0.2) is 0 Å². The highest BCUT2D eigenvalue weighted by atomic mass is 19.4. The van der Waals surface area contributed by atoms with Crippen LogP contribution in [-0.2, 0) is 20.5 Å². The molecule has 1 aliphatic carbocycles. The largest absolute Gasteiger partial charge is 0.416 e. The number of esters is 2. The summed E-state index contributed by atoms with van der Waals surface area (Å²) in [5, 5.41) is 5.43. The van der Waals surface area contributed by atoms with Crippen LogP contribution in [0.25, 0.3) is 16.8 Å². The van der Waals surface area contributed by atoms with E-state index in [0.717, 1.165) is 31.3 Å². The molecule has 228 valence electrons. The fourth-order valence-corrected chi connectivity index (χ4v) is 5.79. The Hall–Kier alpha value is -4.85. The molecule has 0 radical (unpaired) electrons. The fourth-order valence-electron chi connectivity index (χ4n) is 5.79. The van der Waals surface area contributed by atoms with Crippen LogP contribution in [0.2, 0.25) is 0 Å². The van der Waals surface area contributed by atoms with Crippen molar-refractivity contribution in [3.63, 3.8) is 0 Å². The molecule has 0 bridgehead atoms. The second-order valence-electron chi connectivity index (χ2n) is 10.9. The second-order valence-corrected chi connectivity index (χ2v) is 10.9. The van der Waals surface area contributed by atoms with Crippen molar-refractivity contribution in [2.24, 2.45) is 5.92 Å². The molecule has 1 saturated heterocycles. The number of pyridine rings is 1. The van der Waals surface area contributed by atoms with Gasteiger partial charge in [-0.15, -0.1) is 0 Å². The lowest BCUT2D eigenvalue weighted by Crippen LogP contribution is -2.35. The summed E-state index contributed by atoms with van der Waals surface area (Å²) in [4.78, 5) is 50.8. The predicted molar refractivity (Wildman–Crippen MR) is 152 cm³/mol. The fraction of sp³-hybridized carbons (Fsp3) is 0.333. The van der Waals surface area contributed by atoms with Crippen LogP contribution in [0, 0.1) is 5.92 Å². The van der Waals surface area contributed by atoms with Gasteiger partial charge < -0.3 is 21.1 Å². The minimum Gasteiger partial charge on any atom is -0.392 e. The number of imidazole rings is 1. The number of nitrogens with one attached hydrogen (secondary N) is 2. The summed E-state index contributed by atoms with van der Waals surface area (Å²) in [6, 6.07) is 7.50. The third-order valence-corrected chi connectivity index (χ3v) is 8.04. The van der Waals surface area contributed by atoms with Gasteiger partial charge in [0, 0.05) is 35.6 Å². The lowest BCUT2D eigenvalue weighted by atomic mass is 10.0. The predicted octanol–water partition coefficient (Wildman–Crippen LogP) is 4.35. The Labute approximate surface area is 249 Å². The van der Waals surface area contributed by atoms with Crippen molar-refractivity contribution >= 4 is 35.0 Å². The summed E-state index contributed by atoms with van der Waals surface area (Å²) >= 11 is 0. The number of ether oxygens (including phenoxy) is 1. The number of rotatable bonds is 6. The van der Waals surface area contributed by atoms with Crippen LogP contribution >= 0.6 is 0 Å². The third kappa shape index (κ3) is 5.84. The van der Waals surface area contributed by atoms with Crippen molar-refractivity contribution in [3.05, 3.63) is 71.9 Å². The van der Waals surface area contributed by atoms with Crippen LogP contribution in [-0.4, -0.2) is 49.8 Å². The second kappa shape index (κ2) is 11.7. The van der Waals surface area contributed by atoms with Crippen molar-refractivity contribution in [1.29, 1.82) is 0 Å². The van der Waals surface area contributed by atoms with E-state index in [2.05, 4.69) is 20.6 Å². The maximum Gasteiger partial charge on any atom is 0.416 e. The van der Waals surface area contributed by atoms with E-state index in [0.29, 0.717) is 48.3 Å². The monoisotopic (exact) mass is 607 g/mol. The molecule has 4 aromatic rings. The summed E-state index contributed by atoms with van der Waals surface area (Å²) in [6.07, 6.45) is 2.86. The van der Waals surface area contributed by atoms with Crippen molar-refractivity contribution in [3.8, 4) is 11.3 Å². The number of hydrogen-bond donors (Lipinski definition) is 3. The van der Waals surface area contributed by atoms with Crippen molar-refractivity contribution in [2.45, 2.75) is 50.2 Å². The van der Waals surface area contributed by atoms with Gasteiger partial charge in [0.1, 0.15) is 34.7 Å². The minimum absolute atomic E-state index is 0.111. The highest BCUT2D eigenvalue weighted by molar-refractivity contribution is 6.04. The summed E-state index contributed by atoms with van der Waals surface area (Å²) in [6.45, 7) is 0.722. The smallest absolute Gasteiger partial charge is 0.392 e. The molecular formula is C30H28F3N7O4. The molecule has 3 aromatic heterocycles. The zero-order valence-electron chi connectivity index (χ0n) is 23.3. The summed E-state index contributed by atoms with van der Waals surface area (Å²) in [5.74, 6) is -1.55. The first-order valence-electron chi connectivity index (χ1n) is 14.1. The molecule has 2 fully saturated rings. The Morgan fingerprint density at radius 2 is 1.82 bits per heavy atom. The van der Waals surface area contributed by atoms with Gasteiger partial charge in [0.05, 0.1) is 11.5 Å². The third-order valence-electron chi connectivity index (χ3n) is 8.04. The number of halogens is 3. The maximum absolute atomic E-state index is 13.0. The summed E-state index contributed by atoms with van der Waals surface area (Å²) < 4.78 is 46.1. The first-order valence-corrected chi connectivity index (χ1v) is 14.1. The Morgan fingerprint density at radius 3 is 2.55 bits per heavy atom. The molecule has 4 N–H and O–H groups in total. The molecule has 0 spiro atoms. The molecule has 1 aromatic carbocycles. The maximum atomic E-state index is 13.0. The molecule has 0 unspecified atom stereocenters. The van der Waals surface area contributed by atoms with E-state index in [9.17, 15) is 27.6 Å². The van der Waals surface area contributed by atoms with Crippen LogP contribution in [0.3, 0.4) is 0 Å². The van der Waals surface area contributed by atoms with Gasteiger partial charge >= 0.3 is 18.1 Å². The molecule has 3 atom stereocenters. The van der Waals surface area contributed by atoms with Crippen molar-refractivity contribution in [2.75, 3.05) is 17.6 Å². The Bertz CT molecular complexity index is 1730. The molecule has 1 aliphatic heterocycles. The number of carbonyl (C=O) groups is 3. The Balaban J connectivity index is 1.20. The number of fused-ring (bicyclic) bond motifs is 1. The first-order chi connectivity index (χ1) is 21.1. The Morgan fingerprint density at radius 1 is 1.02 bits per heavy atom. The molecule has 11 nitrogen and oxygen atoms in total. The Kier molecular flexibility index (Phi) is 7.76. The van der Waals surface area contributed by atoms with Gasteiger partial charge in [-0.3, -0.25) is 14.0 Å². The van der Waals surface area contributed by atoms with Crippen molar-refractivity contribution < 1.29 is 32.3 Å². The van der Waals surface area contributed by atoms with Crippen molar-refractivity contribution in [1.82, 2.24) is 24.7 Å². The van der Waals surface area contributed by atoms with E-state index >= 15 is 0 Å². The SMILES string of the molecule is Nc1nccn2c([C@H]3CC[C@@H](C(=O)OC(=O)[C@@H]4CCCN4)C3)nc(-c3ccc(C(=O)Nc4cc(C(F)(F)F)ccn4)cc3)c12. The number of hydrogen-bond acceptors (Lipinski definition) is 9. The van der Waals surface area contributed by atoms with E-state index in [1.54, 1.807) is 24.5 Å². The summed E-state index contributed by atoms with van der Waals surface area (Å²) in [5.41, 5.74) is 7.24. The average Bonchev–Trinajstić information content (AvgIpc) is 3.78. The molecular weight excluding hydrogens is 579 g/mol. The number of carbonyl (C=O) groups excluding carboxylic acids is 3.